The molecular formula is C7H13IO2. The Morgan fingerprint density at radius 2 is 2.30 bits per heavy atom. The number of alkyl halides is 1. The Morgan fingerprint density at radius 1 is 1.50 bits per heavy atom. The predicted molar refractivity (Wildman–Crippen MR) is 48.4 cm³/mol. The van der Waals surface area contributed by atoms with Gasteiger partial charge in [-0.1, -0.05) is 22.6 Å². The van der Waals surface area contributed by atoms with Gasteiger partial charge in [-0.2, -0.15) is 0 Å². The highest BCUT2D eigenvalue weighted by Gasteiger charge is 2.19. The van der Waals surface area contributed by atoms with Gasteiger partial charge in [-0.25, -0.2) is 0 Å². The van der Waals surface area contributed by atoms with E-state index in [1.807, 2.05) is 0 Å². The first-order valence-corrected chi connectivity index (χ1v) is 5.17. The molecule has 10 heavy (non-hydrogen) atoms. The fraction of sp³-hybridized carbons (Fsp3) is 1.00. The summed E-state index contributed by atoms with van der Waals surface area (Å²) in [6, 6.07) is 0. The molecule has 0 aromatic carbocycles. The van der Waals surface area contributed by atoms with Gasteiger partial charge in [0, 0.05) is 17.0 Å². The smallest absolute Gasteiger partial charge is 0.0664 e. The van der Waals surface area contributed by atoms with Gasteiger partial charge in [0.2, 0.25) is 0 Å². The zero-order chi connectivity index (χ0) is 7.40. The number of hydrogen-bond acceptors (Lipinski definition) is 2. The second kappa shape index (κ2) is 4.51. The van der Waals surface area contributed by atoms with Crippen molar-refractivity contribution in [3.8, 4) is 0 Å². The average Bonchev–Trinajstić information content (AvgIpc) is 2.05. The molecule has 0 aromatic rings. The molecule has 1 aliphatic heterocycles. The molecule has 2 atom stereocenters. The van der Waals surface area contributed by atoms with Crippen LogP contribution in [0.1, 0.15) is 12.8 Å². The van der Waals surface area contributed by atoms with Crippen molar-refractivity contribution in [3.63, 3.8) is 0 Å². The van der Waals surface area contributed by atoms with Crippen LogP contribution in [-0.2, 0) is 4.74 Å². The molecule has 2 nitrogen and oxygen atoms in total. The summed E-state index contributed by atoms with van der Waals surface area (Å²) >= 11 is 2.34. The van der Waals surface area contributed by atoms with Crippen LogP contribution in [0.4, 0.5) is 0 Å². The van der Waals surface area contributed by atoms with Gasteiger partial charge in [-0.15, -0.1) is 0 Å². The van der Waals surface area contributed by atoms with E-state index in [9.17, 15) is 0 Å². The standard InChI is InChI=1S/C7H13IO2/c8-3-7-2-1-6(4-9)5-10-7/h6-7,9H,1-5H2/t6?,7-/m1/s1. The van der Waals surface area contributed by atoms with Crippen LogP contribution in [0.5, 0.6) is 0 Å². The van der Waals surface area contributed by atoms with Gasteiger partial charge in [0.05, 0.1) is 12.7 Å². The summed E-state index contributed by atoms with van der Waals surface area (Å²) in [5.41, 5.74) is 0. The monoisotopic (exact) mass is 256 g/mol. The van der Waals surface area contributed by atoms with E-state index < -0.39 is 0 Å². The van der Waals surface area contributed by atoms with Crippen LogP contribution in [-0.4, -0.2) is 28.9 Å². The maximum atomic E-state index is 8.77. The van der Waals surface area contributed by atoms with E-state index in [0.29, 0.717) is 12.0 Å². The Balaban J connectivity index is 2.17. The van der Waals surface area contributed by atoms with E-state index in [2.05, 4.69) is 22.6 Å². The van der Waals surface area contributed by atoms with Crippen molar-refractivity contribution in [2.75, 3.05) is 17.6 Å². The minimum Gasteiger partial charge on any atom is -0.396 e. The van der Waals surface area contributed by atoms with Crippen LogP contribution in [0, 0.1) is 5.92 Å². The number of aliphatic hydroxyl groups is 1. The van der Waals surface area contributed by atoms with Gasteiger partial charge in [0.25, 0.3) is 0 Å². The summed E-state index contributed by atoms with van der Waals surface area (Å²) in [5.74, 6) is 0.402. The molecule has 1 aliphatic rings. The fourth-order valence-corrected chi connectivity index (χ4v) is 1.82. The van der Waals surface area contributed by atoms with Gasteiger partial charge < -0.3 is 9.84 Å². The van der Waals surface area contributed by atoms with Crippen molar-refractivity contribution in [1.82, 2.24) is 0 Å². The molecule has 1 heterocycles. The lowest BCUT2D eigenvalue weighted by atomic mass is 10.0. The van der Waals surface area contributed by atoms with E-state index >= 15 is 0 Å². The maximum absolute atomic E-state index is 8.77. The molecule has 3 heteroatoms. The molecule has 0 bridgehead atoms. The summed E-state index contributed by atoms with van der Waals surface area (Å²) in [7, 11) is 0. The minimum atomic E-state index is 0.286. The molecule has 1 fully saturated rings. The second-order valence-corrected chi connectivity index (χ2v) is 3.62. The van der Waals surface area contributed by atoms with Crippen molar-refractivity contribution in [3.05, 3.63) is 0 Å². The largest absolute Gasteiger partial charge is 0.396 e. The molecule has 1 rings (SSSR count). The Hall–Kier alpha value is 0.650. The molecule has 0 aromatic heterocycles. The summed E-state index contributed by atoms with van der Waals surface area (Å²) < 4.78 is 6.54. The molecule has 60 valence electrons. The minimum absolute atomic E-state index is 0.286. The maximum Gasteiger partial charge on any atom is 0.0664 e. The molecule has 0 aliphatic carbocycles. The summed E-state index contributed by atoms with van der Waals surface area (Å²) in [6.45, 7) is 1.04. The molecule has 0 saturated carbocycles. The van der Waals surface area contributed by atoms with Gasteiger partial charge in [0.15, 0.2) is 0 Å². The van der Waals surface area contributed by atoms with Crippen LogP contribution in [0.25, 0.3) is 0 Å². The van der Waals surface area contributed by atoms with Crippen LogP contribution < -0.4 is 0 Å². The quantitative estimate of drug-likeness (QED) is 0.594. The van der Waals surface area contributed by atoms with E-state index in [4.69, 9.17) is 9.84 Å². The molecule has 1 saturated heterocycles. The van der Waals surface area contributed by atoms with Crippen molar-refractivity contribution < 1.29 is 9.84 Å². The molecule has 1 unspecified atom stereocenters. The summed E-state index contributed by atoms with van der Waals surface area (Å²) in [6.07, 6.45) is 2.70. The second-order valence-electron chi connectivity index (χ2n) is 2.74. The normalized spacial score (nSPS) is 34.2. The van der Waals surface area contributed by atoms with Gasteiger partial charge in [0.1, 0.15) is 0 Å². The lowest BCUT2D eigenvalue weighted by molar-refractivity contribution is -0.0165. The highest BCUT2D eigenvalue weighted by molar-refractivity contribution is 14.1. The first-order valence-electron chi connectivity index (χ1n) is 3.65. The Labute approximate surface area is 75.1 Å². The third-order valence-corrected chi connectivity index (χ3v) is 2.88. The van der Waals surface area contributed by atoms with E-state index in [-0.39, 0.29) is 6.61 Å². The molecule has 1 N–H and O–H groups in total. The summed E-state index contributed by atoms with van der Waals surface area (Å²) in [4.78, 5) is 0. The third kappa shape index (κ3) is 2.36. The van der Waals surface area contributed by atoms with Gasteiger partial charge in [-0.05, 0) is 12.8 Å². The highest BCUT2D eigenvalue weighted by atomic mass is 127. The third-order valence-electron chi connectivity index (χ3n) is 1.89. The molecule has 0 amide bonds. The Morgan fingerprint density at radius 3 is 2.70 bits per heavy atom. The molecule has 0 radical (unpaired) electrons. The number of rotatable bonds is 2. The van der Waals surface area contributed by atoms with Crippen LogP contribution in [0.15, 0.2) is 0 Å². The highest BCUT2D eigenvalue weighted by Crippen LogP contribution is 2.19. The Kier molecular flexibility index (Phi) is 3.95. The van der Waals surface area contributed by atoms with Crippen molar-refractivity contribution in [1.29, 1.82) is 0 Å². The van der Waals surface area contributed by atoms with Crippen LogP contribution in [0.2, 0.25) is 0 Å². The molecular weight excluding hydrogens is 243 g/mol. The Bertz CT molecular complexity index is 77.6. The number of hydrogen-bond donors (Lipinski definition) is 1. The lowest BCUT2D eigenvalue weighted by Gasteiger charge is -2.26. The number of aliphatic hydroxyl groups excluding tert-OH is 1. The van der Waals surface area contributed by atoms with Gasteiger partial charge in [-0.3, -0.25) is 0 Å². The lowest BCUT2D eigenvalue weighted by Crippen LogP contribution is -2.28. The van der Waals surface area contributed by atoms with Crippen molar-refractivity contribution in [2.45, 2.75) is 18.9 Å². The first-order chi connectivity index (χ1) is 4.86. The number of halogens is 1. The van der Waals surface area contributed by atoms with E-state index in [1.165, 1.54) is 0 Å². The predicted octanol–water partition coefficient (Wildman–Crippen LogP) is 1.21. The van der Waals surface area contributed by atoms with Crippen molar-refractivity contribution >= 4 is 22.6 Å². The fourth-order valence-electron chi connectivity index (χ4n) is 1.13. The van der Waals surface area contributed by atoms with Crippen molar-refractivity contribution in [2.24, 2.45) is 5.92 Å². The van der Waals surface area contributed by atoms with Crippen LogP contribution in [0.3, 0.4) is 0 Å². The average molecular weight is 256 g/mol. The SMILES string of the molecule is OCC1CC[C@H](CI)OC1. The molecule has 0 spiro atoms. The van der Waals surface area contributed by atoms with Gasteiger partial charge >= 0.3 is 0 Å². The zero-order valence-corrected chi connectivity index (χ0v) is 8.08. The first kappa shape index (κ1) is 8.74. The topological polar surface area (TPSA) is 29.5 Å². The summed E-state index contributed by atoms with van der Waals surface area (Å²) in [5, 5.41) is 8.77. The van der Waals surface area contributed by atoms with E-state index in [1.54, 1.807) is 0 Å². The van der Waals surface area contributed by atoms with Crippen LogP contribution >= 0.6 is 22.6 Å². The van der Waals surface area contributed by atoms with E-state index in [0.717, 1.165) is 23.9 Å². The zero-order valence-electron chi connectivity index (χ0n) is 5.92. The number of ether oxygens (including phenoxy) is 1.